The molecule has 0 aliphatic rings. The molecule has 0 radical (unpaired) electrons. The molecule has 0 N–H and O–H groups in total. The number of thiol groups is 1. The molecule has 5 heteroatoms. The van der Waals surface area contributed by atoms with Crippen LogP contribution in [0.4, 0.5) is 0 Å². The van der Waals surface area contributed by atoms with Crippen molar-refractivity contribution in [3.63, 3.8) is 0 Å². The van der Waals surface area contributed by atoms with Crippen LogP contribution in [0.3, 0.4) is 0 Å². The van der Waals surface area contributed by atoms with E-state index < -0.39 is 0 Å². The van der Waals surface area contributed by atoms with Crippen molar-refractivity contribution in [2.24, 2.45) is 0 Å². The van der Waals surface area contributed by atoms with E-state index in [-0.39, 0.29) is 0 Å². The quantitative estimate of drug-likeness (QED) is 0.485. The molecule has 1 aromatic rings. The molecule has 0 atom stereocenters. The molecule has 0 aromatic carbocycles. The highest BCUT2D eigenvalue weighted by atomic mass is 33.1. The number of hydrogen-bond acceptors (Lipinski definition) is 5. The van der Waals surface area contributed by atoms with Gasteiger partial charge in [0.05, 0.1) is 0 Å². The Morgan fingerprint density at radius 2 is 2.71 bits per heavy atom. The molecule has 0 bridgehead atoms. The Kier molecular flexibility index (Phi) is 1.96. The predicted molar refractivity (Wildman–Crippen MR) is 34.8 cm³/mol. The largest absolute Gasteiger partial charge is 0.216 e. The van der Waals surface area contributed by atoms with E-state index in [0.29, 0.717) is 0 Å². The van der Waals surface area contributed by atoms with Gasteiger partial charge in [0.25, 0.3) is 0 Å². The lowest BCUT2D eigenvalue weighted by Gasteiger charge is -1.73. The Hall–Kier alpha value is 0.260. The van der Waals surface area contributed by atoms with Crippen LogP contribution >= 0.6 is 34.0 Å². The van der Waals surface area contributed by atoms with E-state index in [1.54, 1.807) is 0 Å². The highest BCUT2D eigenvalue weighted by Gasteiger charge is 1.88. The van der Waals surface area contributed by atoms with Crippen molar-refractivity contribution in [1.29, 1.82) is 0 Å². The van der Waals surface area contributed by atoms with Gasteiger partial charge in [-0.15, -0.1) is 11.7 Å². The predicted octanol–water partition coefficient (Wildman–Crippen LogP) is 1.47. The molecular formula is C2H2N2S3. The maximum absolute atomic E-state index is 3.90. The summed E-state index contributed by atoms with van der Waals surface area (Å²) < 4.78 is 4.65. The lowest BCUT2D eigenvalue weighted by Crippen LogP contribution is -1.53. The number of hydrogen-bond donors (Lipinski definition) is 1. The second-order valence-electron chi connectivity index (χ2n) is 0.798. The molecule has 0 unspecified atom stereocenters. The van der Waals surface area contributed by atoms with E-state index in [2.05, 4.69) is 21.0 Å². The van der Waals surface area contributed by atoms with Crippen molar-refractivity contribution in [2.75, 3.05) is 0 Å². The first-order chi connectivity index (χ1) is 3.43. The van der Waals surface area contributed by atoms with E-state index in [0.717, 1.165) is 4.34 Å². The second-order valence-corrected chi connectivity index (χ2v) is 2.95. The third kappa shape index (κ3) is 1.32. The fraction of sp³-hybridized carbons (Fsp3) is 0. The zero-order valence-corrected chi connectivity index (χ0v) is 5.76. The van der Waals surface area contributed by atoms with E-state index in [1.807, 2.05) is 0 Å². The SMILES string of the molecule is SSc1ncns1. The normalized spacial score (nSPS) is 9.29. The second kappa shape index (κ2) is 2.54. The molecule has 2 nitrogen and oxygen atoms in total. The van der Waals surface area contributed by atoms with Crippen LogP contribution in [0.15, 0.2) is 10.7 Å². The molecule has 7 heavy (non-hydrogen) atoms. The fourth-order valence-corrected chi connectivity index (χ4v) is 1.28. The van der Waals surface area contributed by atoms with Crippen molar-refractivity contribution in [3.05, 3.63) is 6.33 Å². The van der Waals surface area contributed by atoms with Crippen LogP contribution in [-0.2, 0) is 0 Å². The van der Waals surface area contributed by atoms with Gasteiger partial charge in [0, 0.05) is 0 Å². The van der Waals surface area contributed by atoms with Gasteiger partial charge in [-0.05, 0) is 22.3 Å². The van der Waals surface area contributed by atoms with Gasteiger partial charge >= 0.3 is 0 Å². The molecule has 0 aliphatic heterocycles. The van der Waals surface area contributed by atoms with Crippen LogP contribution in [0.2, 0.25) is 0 Å². The van der Waals surface area contributed by atoms with Gasteiger partial charge in [0.15, 0.2) is 4.34 Å². The number of aromatic nitrogens is 2. The topological polar surface area (TPSA) is 25.8 Å². The molecular weight excluding hydrogens is 148 g/mol. The Balaban J connectivity index is 2.76. The molecule has 0 spiro atoms. The van der Waals surface area contributed by atoms with Gasteiger partial charge in [-0.1, -0.05) is 0 Å². The third-order valence-electron chi connectivity index (χ3n) is 0.419. The zero-order valence-electron chi connectivity index (χ0n) is 3.24. The summed E-state index contributed by atoms with van der Waals surface area (Å²) in [6.07, 6.45) is 1.52. The Labute approximate surface area is 54.3 Å². The van der Waals surface area contributed by atoms with Gasteiger partial charge < -0.3 is 0 Å². The van der Waals surface area contributed by atoms with Crippen molar-refractivity contribution >= 4 is 34.0 Å². The molecule has 0 saturated carbocycles. The maximum Gasteiger partial charge on any atom is 0.180 e. The van der Waals surface area contributed by atoms with Gasteiger partial charge in [-0.3, -0.25) is 0 Å². The molecule has 1 heterocycles. The van der Waals surface area contributed by atoms with E-state index in [1.165, 1.54) is 28.7 Å². The first-order valence-electron chi connectivity index (χ1n) is 1.51. The molecule has 38 valence electrons. The average Bonchev–Trinajstić information content (AvgIpc) is 2.14. The lowest BCUT2D eigenvalue weighted by atomic mass is 11.3. The van der Waals surface area contributed by atoms with Crippen LogP contribution in [0.25, 0.3) is 0 Å². The van der Waals surface area contributed by atoms with Gasteiger partial charge in [0.1, 0.15) is 6.33 Å². The van der Waals surface area contributed by atoms with Crippen LogP contribution in [0, 0.1) is 0 Å². The van der Waals surface area contributed by atoms with Crippen LogP contribution in [0.1, 0.15) is 0 Å². The molecule has 0 amide bonds. The third-order valence-corrected chi connectivity index (χ3v) is 2.51. The summed E-state index contributed by atoms with van der Waals surface area (Å²) in [6, 6.07) is 0. The molecule has 0 aliphatic carbocycles. The first kappa shape index (κ1) is 5.40. The van der Waals surface area contributed by atoms with E-state index in [4.69, 9.17) is 0 Å². The van der Waals surface area contributed by atoms with Crippen LogP contribution in [-0.4, -0.2) is 9.36 Å². The summed E-state index contributed by atoms with van der Waals surface area (Å²) in [5.74, 6) is 0. The summed E-state index contributed by atoms with van der Waals surface area (Å²) in [4.78, 5) is 3.83. The summed E-state index contributed by atoms with van der Waals surface area (Å²) in [5.41, 5.74) is 0. The van der Waals surface area contributed by atoms with Gasteiger partial charge in [-0.25, -0.2) is 4.98 Å². The minimum Gasteiger partial charge on any atom is -0.216 e. The standard InChI is InChI=1S/C2H2N2S3/c5-7-2-3-1-4-6-2/h1,5H. The highest BCUT2D eigenvalue weighted by Crippen LogP contribution is 2.20. The summed E-state index contributed by atoms with van der Waals surface area (Å²) >= 11 is 5.25. The molecule has 0 saturated heterocycles. The number of nitrogens with zero attached hydrogens (tertiary/aromatic N) is 2. The van der Waals surface area contributed by atoms with Crippen LogP contribution < -0.4 is 0 Å². The first-order valence-corrected chi connectivity index (χ1v) is 4.16. The van der Waals surface area contributed by atoms with E-state index >= 15 is 0 Å². The maximum atomic E-state index is 3.90. The smallest absolute Gasteiger partial charge is 0.180 e. The summed E-state index contributed by atoms with van der Waals surface area (Å²) in [5, 5.41) is 0. The highest BCUT2D eigenvalue weighted by molar-refractivity contribution is 8.69. The van der Waals surface area contributed by atoms with E-state index in [9.17, 15) is 0 Å². The summed E-state index contributed by atoms with van der Waals surface area (Å²) in [6.45, 7) is 0. The van der Waals surface area contributed by atoms with Crippen molar-refractivity contribution in [1.82, 2.24) is 9.36 Å². The Bertz CT molecular complexity index is 125. The average molecular weight is 150 g/mol. The molecule has 1 aromatic heterocycles. The zero-order chi connectivity index (χ0) is 5.11. The lowest BCUT2D eigenvalue weighted by molar-refractivity contribution is 1.22. The molecule has 0 fully saturated rings. The Morgan fingerprint density at radius 1 is 1.86 bits per heavy atom. The van der Waals surface area contributed by atoms with Crippen molar-refractivity contribution in [3.8, 4) is 0 Å². The fourth-order valence-electron chi connectivity index (χ4n) is 0.203. The van der Waals surface area contributed by atoms with Crippen molar-refractivity contribution in [2.45, 2.75) is 4.34 Å². The minimum absolute atomic E-state index is 0.892. The van der Waals surface area contributed by atoms with Gasteiger partial charge in [-0.2, -0.15) is 4.37 Å². The van der Waals surface area contributed by atoms with Gasteiger partial charge in [0.2, 0.25) is 0 Å². The van der Waals surface area contributed by atoms with Crippen LogP contribution in [0.5, 0.6) is 0 Å². The van der Waals surface area contributed by atoms with Crippen molar-refractivity contribution < 1.29 is 0 Å². The Morgan fingerprint density at radius 3 is 3.00 bits per heavy atom. The minimum atomic E-state index is 0.892. The number of rotatable bonds is 1. The monoisotopic (exact) mass is 150 g/mol. The molecule has 1 rings (SSSR count). The summed E-state index contributed by atoms with van der Waals surface area (Å²) in [7, 11) is 1.31.